The monoisotopic (exact) mass is 359 g/mol. The molecule has 0 aliphatic carbocycles. The van der Waals surface area contributed by atoms with E-state index in [0.717, 1.165) is 22.5 Å². The molecule has 0 unspecified atom stereocenters. The van der Waals surface area contributed by atoms with E-state index in [2.05, 4.69) is 5.32 Å². The van der Waals surface area contributed by atoms with Crippen molar-refractivity contribution in [2.45, 2.75) is 45.8 Å². The zero-order valence-electron chi connectivity index (χ0n) is 16.0. The van der Waals surface area contributed by atoms with Gasteiger partial charge in [0.2, 0.25) is 5.91 Å². The second-order valence-electron chi connectivity index (χ2n) is 7.62. The lowest BCUT2D eigenvalue weighted by molar-refractivity contribution is -0.118. The van der Waals surface area contributed by atoms with E-state index in [0.29, 0.717) is 19.8 Å². The molecule has 0 radical (unpaired) electrons. The molecule has 1 aromatic carbocycles. The van der Waals surface area contributed by atoms with Crippen LogP contribution in [0, 0.1) is 0 Å². The molecule has 1 N–H and O–H groups in total. The van der Waals surface area contributed by atoms with Crippen LogP contribution in [0.3, 0.4) is 0 Å². The van der Waals surface area contributed by atoms with E-state index in [9.17, 15) is 4.79 Å². The van der Waals surface area contributed by atoms with Crippen molar-refractivity contribution in [1.29, 1.82) is 0 Å². The highest BCUT2D eigenvalue weighted by atomic mass is 16.7. The van der Waals surface area contributed by atoms with Gasteiger partial charge in [-0.3, -0.25) is 4.79 Å². The molecule has 1 fully saturated rings. The maximum atomic E-state index is 11.4. The number of hydrogen-bond donors (Lipinski definition) is 1. The first-order valence-electron chi connectivity index (χ1n) is 8.88. The number of fused-ring (bicyclic) bond motifs is 1. The Bertz CT molecular complexity index is 713. The summed E-state index contributed by atoms with van der Waals surface area (Å²) in [6.07, 6.45) is 1.97. The van der Waals surface area contributed by atoms with Crippen LogP contribution in [0.1, 0.15) is 40.2 Å². The van der Waals surface area contributed by atoms with Gasteiger partial charge in [0.15, 0.2) is 11.5 Å². The van der Waals surface area contributed by atoms with Crippen molar-refractivity contribution in [2.75, 3.05) is 19.8 Å². The highest BCUT2D eigenvalue weighted by Gasteiger charge is 2.52. The summed E-state index contributed by atoms with van der Waals surface area (Å²) < 4.78 is 23.5. The molecule has 0 saturated carbocycles. The number of rotatable bonds is 4. The third-order valence-corrected chi connectivity index (χ3v) is 5.02. The molecule has 0 atom stereocenters. The third kappa shape index (κ3) is 3.89. The van der Waals surface area contributed by atoms with Gasteiger partial charge in [-0.2, -0.15) is 0 Å². The van der Waals surface area contributed by atoms with Gasteiger partial charge < -0.3 is 24.1 Å². The smallest absolute Gasteiger partial charge is 0.486 e. The molecule has 0 spiro atoms. The summed E-state index contributed by atoms with van der Waals surface area (Å²) >= 11 is 0. The number of carbonyl (C=O) groups is 1. The van der Waals surface area contributed by atoms with E-state index in [-0.39, 0.29) is 5.91 Å². The topological polar surface area (TPSA) is 66.0 Å². The van der Waals surface area contributed by atoms with Gasteiger partial charge in [0, 0.05) is 13.5 Å². The van der Waals surface area contributed by atoms with E-state index >= 15 is 0 Å². The van der Waals surface area contributed by atoms with Crippen LogP contribution >= 0.6 is 0 Å². The largest absolute Gasteiger partial charge is 0.492 e. The molecule has 1 aromatic rings. The zero-order valence-corrected chi connectivity index (χ0v) is 16.0. The van der Waals surface area contributed by atoms with Crippen molar-refractivity contribution in [3.05, 3.63) is 29.2 Å². The van der Waals surface area contributed by atoms with Crippen LogP contribution < -0.4 is 14.8 Å². The predicted molar refractivity (Wildman–Crippen MR) is 100 cm³/mol. The summed E-state index contributed by atoms with van der Waals surface area (Å²) in [6.45, 7) is 11.0. The van der Waals surface area contributed by atoms with Crippen molar-refractivity contribution in [3.8, 4) is 11.5 Å². The SMILES string of the molecule is CC(=O)NCC(=Cc1ccc2c(c1)OCCO2)B1OC(C)(C)C(C)(C)O1. The minimum Gasteiger partial charge on any atom is -0.486 e. The number of carbonyl (C=O) groups excluding carboxylic acids is 1. The molecule has 2 heterocycles. The number of benzene rings is 1. The van der Waals surface area contributed by atoms with Gasteiger partial charge in [0.05, 0.1) is 11.2 Å². The minimum atomic E-state index is -0.528. The van der Waals surface area contributed by atoms with Gasteiger partial charge in [-0.1, -0.05) is 12.1 Å². The highest BCUT2D eigenvalue weighted by Crippen LogP contribution is 2.39. The Hall–Kier alpha value is -1.99. The van der Waals surface area contributed by atoms with Crippen LogP contribution in [-0.4, -0.2) is 44.0 Å². The van der Waals surface area contributed by atoms with E-state index in [1.165, 1.54) is 6.92 Å². The van der Waals surface area contributed by atoms with E-state index in [4.69, 9.17) is 18.8 Å². The van der Waals surface area contributed by atoms with Crippen LogP contribution in [0.5, 0.6) is 11.5 Å². The highest BCUT2D eigenvalue weighted by molar-refractivity contribution is 6.56. The number of ether oxygens (including phenoxy) is 2. The van der Waals surface area contributed by atoms with Crippen LogP contribution in [-0.2, 0) is 14.1 Å². The molecule has 1 amide bonds. The van der Waals surface area contributed by atoms with Crippen LogP contribution in [0.25, 0.3) is 6.08 Å². The first-order valence-corrected chi connectivity index (χ1v) is 8.88. The average molecular weight is 359 g/mol. The maximum absolute atomic E-state index is 11.4. The van der Waals surface area contributed by atoms with E-state index in [1.807, 2.05) is 52.0 Å². The number of hydrogen-bond acceptors (Lipinski definition) is 5. The first-order chi connectivity index (χ1) is 12.2. The Labute approximate surface area is 155 Å². The Morgan fingerprint density at radius 1 is 1.12 bits per heavy atom. The van der Waals surface area contributed by atoms with Crippen molar-refractivity contribution in [2.24, 2.45) is 0 Å². The molecule has 140 valence electrons. The second-order valence-corrected chi connectivity index (χ2v) is 7.62. The van der Waals surface area contributed by atoms with Gasteiger partial charge in [0.1, 0.15) is 13.2 Å². The molecule has 0 bridgehead atoms. The lowest BCUT2D eigenvalue weighted by Crippen LogP contribution is -2.41. The Morgan fingerprint density at radius 3 is 2.35 bits per heavy atom. The van der Waals surface area contributed by atoms with Crippen molar-refractivity contribution < 1.29 is 23.6 Å². The maximum Gasteiger partial charge on any atom is 0.492 e. The number of nitrogens with one attached hydrogen (secondary N) is 1. The standard InChI is InChI=1S/C19H26BNO5/c1-13(22)21-12-15(20-25-18(2,3)19(4,5)26-20)10-14-6-7-16-17(11-14)24-9-8-23-16/h6-7,10-11H,8-9,12H2,1-5H3,(H,21,22). The summed E-state index contributed by atoms with van der Waals surface area (Å²) in [5.41, 5.74) is 0.888. The van der Waals surface area contributed by atoms with Crippen LogP contribution in [0.15, 0.2) is 23.7 Å². The van der Waals surface area contributed by atoms with Crippen LogP contribution in [0.4, 0.5) is 0 Å². The molecule has 6 nitrogen and oxygen atoms in total. The van der Waals surface area contributed by atoms with E-state index < -0.39 is 18.3 Å². The minimum absolute atomic E-state index is 0.102. The molecule has 7 heteroatoms. The third-order valence-electron chi connectivity index (χ3n) is 5.02. The lowest BCUT2D eigenvalue weighted by atomic mass is 9.77. The molecule has 2 aliphatic rings. The van der Waals surface area contributed by atoms with Gasteiger partial charge >= 0.3 is 7.12 Å². The summed E-state index contributed by atoms with van der Waals surface area (Å²) in [5.74, 6) is 1.36. The Morgan fingerprint density at radius 2 is 1.73 bits per heavy atom. The van der Waals surface area contributed by atoms with Crippen LogP contribution in [0.2, 0.25) is 0 Å². The fourth-order valence-electron chi connectivity index (χ4n) is 2.79. The molecular formula is C19H26BNO5. The molecular weight excluding hydrogens is 333 g/mol. The quantitative estimate of drug-likeness (QED) is 0.838. The molecule has 3 rings (SSSR count). The number of amides is 1. The van der Waals surface area contributed by atoms with Crippen molar-refractivity contribution in [3.63, 3.8) is 0 Å². The van der Waals surface area contributed by atoms with Gasteiger partial charge in [0.25, 0.3) is 0 Å². The normalized spacial score (nSPS) is 20.8. The summed E-state index contributed by atoms with van der Waals surface area (Å²) in [4.78, 5) is 11.4. The molecule has 2 aliphatic heterocycles. The predicted octanol–water partition coefficient (Wildman–Crippen LogP) is 2.61. The summed E-state index contributed by atoms with van der Waals surface area (Å²) in [6, 6.07) is 5.76. The second kappa shape index (κ2) is 6.97. The van der Waals surface area contributed by atoms with Gasteiger partial charge in [-0.15, -0.1) is 0 Å². The molecule has 1 saturated heterocycles. The molecule has 26 heavy (non-hydrogen) atoms. The van der Waals surface area contributed by atoms with Crippen molar-refractivity contribution >= 4 is 19.1 Å². The zero-order chi connectivity index (χ0) is 18.9. The average Bonchev–Trinajstić information content (AvgIpc) is 2.79. The fourth-order valence-corrected chi connectivity index (χ4v) is 2.79. The summed E-state index contributed by atoms with van der Waals surface area (Å²) in [7, 11) is -0.528. The molecule has 0 aromatic heterocycles. The summed E-state index contributed by atoms with van der Waals surface area (Å²) in [5, 5.41) is 2.84. The Balaban J connectivity index is 1.89. The van der Waals surface area contributed by atoms with Gasteiger partial charge in [-0.25, -0.2) is 0 Å². The van der Waals surface area contributed by atoms with Crippen molar-refractivity contribution in [1.82, 2.24) is 5.32 Å². The fraction of sp³-hybridized carbons (Fsp3) is 0.526. The Kier molecular flexibility index (Phi) is 5.04. The van der Waals surface area contributed by atoms with Gasteiger partial charge in [-0.05, 0) is 50.9 Å². The lowest BCUT2D eigenvalue weighted by Gasteiger charge is -2.32. The van der Waals surface area contributed by atoms with E-state index in [1.54, 1.807) is 0 Å². The first kappa shape index (κ1) is 18.8.